The fourth-order valence-corrected chi connectivity index (χ4v) is 2.14. The fourth-order valence-electron chi connectivity index (χ4n) is 2.14. The smallest absolute Gasteiger partial charge is 0.341 e. The van der Waals surface area contributed by atoms with Crippen LogP contribution in [0.4, 0.5) is 0 Å². The van der Waals surface area contributed by atoms with Crippen LogP contribution in [-0.2, 0) is 6.54 Å². The van der Waals surface area contributed by atoms with Crippen LogP contribution < -0.4 is 0 Å². The highest BCUT2D eigenvalue weighted by molar-refractivity contribution is 5.96. The van der Waals surface area contributed by atoms with E-state index in [1.165, 1.54) is 0 Å². The Morgan fingerprint density at radius 1 is 1.56 bits per heavy atom. The van der Waals surface area contributed by atoms with E-state index in [9.17, 15) is 9.90 Å². The molecule has 0 unspecified atom stereocenters. The Kier molecular flexibility index (Phi) is 1.83. The minimum Gasteiger partial charge on any atom is -0.477 e. The van der Waals surface area contributed by atoms with Crippen LogP contribution in [0.5, 0.6) is 0 Å². The van der Waals surface area contributed by atoms with Crippen molar-refractivity contribution in [3.05, 3.63) is 23.7 Å². The van der Waals surface area contributed by atoms with E-state index in [4.69, 9.17) is 0 Å². The van der Waals surface area contributed by atoms with Gasteiger partial charge in [-0.3, -0.25) is 0 Å². The molecule has 84 valence electrons. The quantitative estimate of drug-likeness (QED) is 0.855. The van der Waals surface area contributed by atoms with Gasteiger partial charge in [0.05, 0.1) is 5.69 Å². The highest BCUT2D eigenvalue weighted by atomic mass is 16.4. The first-order chi connectivity index (χ1) is 7.72. The van der Waals surface area contributed by atoms with Crippen LogP contribution in [0.2, 0.25) is 0 Å². The molecule has 2 aromatic rings. The van der Waals surface area contributed by atoms with Crippen LogP contribution in [-0.4, -0.2) is 25.3 Å². The van der Waals surface area contributed by atoms with Gasteiger partial charge in [-0.2, -0.15) is 5.10 Å². The van der Waals surface area contributed by atoms with Gasteiger partial charge in [-0.25, -0.2) is 9.31 Å². The molecule has 2 heterocycles. The number of aromatic carboxylic acids is 1. The number of hydrogen-bond donors (Lipinski definition) is 1. The van der Waals surface area contributed by atoms with E-state index in [0.29, 0.717) is 17.1 Å². The normalized spacial score (nSPS) is 15.8. The Morgan fingerprint density at radius 3 is 2.88 bits per heavy atom. The zero-order valence-electron chi connectivity index (χ0n) is 9.05. The first-order valence-electron chi connectivity index (χ1n) is 5.53. The average molecular weight is 219 g/mol. The molecular formula is C11H13N3O2. The minimum atomic E-state index is -0.870. The maximum absolute atomic E-state index is 11.3. The summed E-state index contributed by atoms with van der Waals surface area (Å²) in [6.07, 6.45) is 5.81. The molecule has 1 aliphatic rings. The Balaban J connectivity index is 2.31. The van der Waals surface area contributed by atoms with E-state index in [-0.39, 0.29) is 0 Å². The average Bonchev–Trinajstić information content (AvgIpc) is 2.90. The van der Waals surface area contributed by atoms with Gasteiger partial charge in [0.25, 0.3) is 0 Å². The summed E-state index contributed by atoms with van der Waals surface area (Å²) in [6, 6.07) is 0. The third kappa shape index (κ3) is 1.17. The standard InChI is InChI=1S/C11H13N3O2/c1-2-13-5-6-14-10(13)8(11(15)16)9(12-14)7-3-4-7/h5-7H,2-4H2,1H3,(H,15,16). The van der Waals surface area contributed by atoms with Crippen molar-refractivity contribution >= 4 is 11.6 Å². The van der Waals surface area contributed by atoms with Crippen molar-refractivity contribution in [2.45, 2.75) is 32.2 Å². The number of hydrogen-bond acceptors (Lipinski definition) is 2. The van der Waals surface area contributed by atoms with E-state index < -0.39 is 5.97 Å². The van der Waals surface area contributed by atoms with Crippen molar-refractivity contribution in [3.63, 3.8) is 0 Å². The summed E-state index contributed by atoms with van der Waals surface area (Å²) in [5.41, 5.74) is 1.84. The predicted octanol–water partition coefficient (Wildman–Crippen LogP) is 1.73. The molecule has 1 saturated carbocycles. The van der Waals surface area contributed by atoms with Gasteiger partial charge in [-0.05, 0) is 19.8 Å². The topological polar surface area (TPSA) is 59.5 Å². The van der Waals surface area contributed by atoms with E-state index in [1.807, 2.05) is 23.9 Å². The van der Waals surface area contributed by atoms with Crippen LogP contribution in [0.3, 0.4) is 0 Å². The molecule has 16 heavy (non-hydrogen) atoms. The molecule has 0 bridgehead atoms. The molecule has 0 aliphatic heterocycles. The lowest BCUT2D eigenvalue weighted by atomic mass is 10.2. The van der Waals surface area contributed by atoms with Crippen molar-refractivity contribution in [1.29, 1.82) is 0 Å². The Morgan fingerprint density at radius 2 is 2.31 bits per heavy atom. The first-order valence-corrected chi connectivity index (χ1v) is 5.53. The lowest BCUT2D eigenvalue weighted by Crippen LogP contribution is -2.03. The summed E-state index contributed by atoms with van der Waals surface area (Å²) in [5, 5.41) is 13.7. The van der Waals surface area contributed by atoms with Gasteiger partial charge in [0.2, 0.25) is 0 Å². The Hall–Kier alpha value is -1.78. The molecule has 5 heteroatoms. The van der Waals surface area contributed by atoms with Gasteiger partial charge in [-0.15, -0.1) is 0 Å². The van der Waals surface area contributed by atoms with E-state index in [1.54, 1.807) is 4.52 Å². The minimum absolute atomic E-state index is 0.358. The summed E-state index contributed by atoms with van der Waals surface area (Å²) in [7, 11) is 0. The molecule has 0 aromatic carbocycles. The monoisotopic (exact) mass is 219 g/mol. The molecule has 0 radical (unpaired) electrons. The van der Waals surface area contributed by atoms with Crippen LogP contribution in [0.1, 0.15) is 41.7 Å². The highest BCUT2D eigenvalue weighted by Gasteiger charge is 2.33. The van der Waals surface area contributed by atoms with Gasteiger partial charge in [0.15, 0.2) is 5.65 Å². The van der Waals surface area contributed by atoms with E-state index >= 15 is 0 Å². The maximum Gasteiger partial charge on any atom is 0.341 e. The fraction of sp³-hybridized carbons (Fsp3) is 0.455. The van der Waals surface area contributed by atoms with Gasteiger partial charge >= 0.3 is 5.97 Å². The van der Waals surface area contributed by atoms with Gasteiger partial charge in [-0.1, -0.05) is 0 Å². The summed E-state index contributed by atoms with van der Waals surface area (Å²) >= 11 is 0. The number of carboxylic acid groups (broad SMARTS) is 1. The van der Waals surface area contributed by atoms with Crippen LogP contribution in [0.25, 0.3) is 5.65 Å². The molecule has 2 aromatic heterocycles. The van der Waals surface area contributed by atoms with Gasteiger partial charge in [0.1, 0.15) is 5.56 Å². The van der Waals surface area contributed by atoms with Crippen molar-refractivity contribution in [3.8, 4) is 0 Å². The molecule has 5 nitrogen and oxygen atoms in total. The Labute approximate surface area is 92.3 Å². The second-order valence-electron chi connectivity index (χ2n) is 4.19. The molecule has 3 rings (SSSR count). The number of aryl methyl sites for hydroxylation is 1. The number of nitrogens with zero attached hydrogens (tertiary/aromatic N) is 3. The second kappa shape index (κ2) is 3.10. The highest BCUT2D eigenvalue weighted by Crippen LogP contribution is 2.41. The second-order valence-corrected chi connectivity index (χ2v) is 4.19. The largest absolute Gasteiger partial charge is 0.477 e. The van der Waals surface area contributed by atoms with Crippen LogP contribution in [0, 0.1) is 0 Å². The number of carbonyl (C=O) groups is 1. The zero-order chi connectivity index (χ0) is 11.3. The van der Waals surface area contributed by atoms with E-state index in [0.717, 1.165) is 25.1 Å². The van der Waals surface area contributed by atoms with Crippen molar-refractivity contribution in [2.75, 3.05) is 0 Å². The summed E-state index contributed by atoms with van der Waals surface area (Å²) < 4.78 is 3.60. The summed E-state index contributed by atoms with van der Waals surface area (Å²) in [5.74, 6) is -0.512. The number of fused-ring (bicyclic) bond motifs is 1. The molecule has 1 N–H and O–H groups in total. The van der Waals surface area contributed by atoms with Crippen molar-refractivity contribution in [2.24, 2.45) is 0 Å². The van der Waals surface area contributed by atoms with Gasteiger partial charge < -0.3 is 9.67 Å². The number of imidazole rings is 1. The van der Waals surface area contributed by atoms with Gasteiger partial charge in [0, 0.05) is 24.9 Å². The van der Waals surface area contributed by atoms with Crippen molar-refractivity contribution < 1.29 is 9.90 Å². The summed E-state index contributed by atoms with van der Waals surface area (Å²) in [4.78, 5) is 11.3. The maximum atomic E-state index is 11.3. The Bertz CT molecular complexity index is 563. The SMILES string of the molecule is CCn1ccn2nc(C3CC3)c(C(=O)O)c12. The number of rotatable bonds is 3. The first kappa shape index (κ1) is 9.45. The van der Waals surface area contributed by atoms with Crippen LogP contribution >= 0.6 is 0 Å². The lowest BCUT2D eigenvalue weighted by molar-refractivity contribution is 0.0697. The molecular weight excluding hydrogens is 206 g/mol. The number of carboxylic acids is 1. The molecule has 0 atom stereocenters. The molecule has 1 fully saturated rings. The lowest BCUT2D eigenvalue weighted by Gasteiger charge is -1.99. The molecule has 0 saturated heterocycles. The molecule has 0 amide bonds. The molecule has 0 spiro atoms. The predicted molar refractivity (Wildman–Crippen MR) is 57.8 cm³/mol. The van der Waals surface area contributed by atoms with Crippen molar-refractivity contribution in [1.82, 2.24) is 14.2 Å². The third-order valence-corrected chi connectivity index (χ3v) is 3.09. The number of aromatic nitrogens is 3. The third-order valence-electron chi connectivity index (χ3n) is 3.09. The molecule has 1 aliphatic carbocycles. The zero-order valence-corrected chi connectivity index (χ0v) is 9.05. The van der Waals surface area contributed by atoms with Crippen LogP contribution in [0.15, 0.2) is 12.4 Å². The summed E-state index contributed by atoms with van der Waals surface area (Å²) in [6.45, 7) is 2.75. The van der Waals surface area contributed by atoms with E-state index in [2.05, 4.69) is 5.10 Å².